The third-order valence-corrected chi connectivity index (χ3v) is 7.36. The Morgan fingerprint density at radius 3 is 2.19 bits per heavy atom. The Morgan fingerprint density at radius 2 is 1.57 bits per heavy atom. The van der Waals surface area contributed by atoms with Gasteiger partial charge in [-0.2, -0.15) is 0 Å². The molecular formula is C16H24N2O2S. The van der Waals surface area contributed by atoms with Crippen molar-refractivity contribution >= 4 is 10.0 Å². The Bertz CT molecular complexity index is 545. The second kappa shape index (κ2) is 6.44. The van der Waals surface area contributed by atoms with Crippen LogP contribution in [-0.2, 0) is 10.0 Å². The van der Waals surface area contributed by atoms with Gasteiger partial charge < -0.3 is 0 Å². The third kappa shape index (κ3) is 3.29. The fourth-order valence-corrected chi connectivity index (χ4v) is 5.72. The molecule has 1 saturated heterocycles. The lowest BCUT2D eigenvalue weighted by Gasteiger charge is -2.35. The molecule has 4 nitrogen and oxygen atoms in total. The number of hydrogen-bond acceptors (Lipinski definition) is 3. The monoisotopic (exact) mass is 308 g/mol. The topological polar surface area (TPSA) is 50.3 Å². The first-order chi connectivity index (χ1) is 10.2. The minimum absolute atomic E-state index is 0.122. The first-order valence-corrected chi connectivity index (χ1v) is 9.57. The van der Waals surface area contributed by atoms with E-state index in [1.54, 1.807) is 4.31 Å². The van der Waals surface area contributed by atoms with E-state index in [0.29, 0.717) is 19.0 Å². The summed E-state index contributed by atoms with van der Waals surface area (Å²) in [5.41, 5.74) is 1.29. The van der Waals surface area contributed by atoms with Crippen molar-refractivity contribution in [2.24, 2.45) is 0 Å². The molecule has 2 heterocycles. The van der Waals surface area contributed by atoms with Gasteiger partial charge in [-0.1, -0.05) is 19.3 Å². The van der Waals surface area contributed by atoms with Crippen molar-refractivity contribution in [1.29, 1.82) is 0 Å². The minimum Gasteiger partial charge on any atom is -0.265 e. The molecule has 1 saturated carbocycles. The van der Waals surface area contributed by atoms with Crippen molar-refractivity contribution in [1.82, 2.24) is 9.29 Å². The highest BCUT2D eigenvalue weighted by atomic mass is 32.2. The number of aromatic nitrogens is 1. The van der Waals surface area contributed by atoms with Gasteiger partial charge >= 0.3 is 0 Å². The lowest BCUT2D eigenvalue weighted by molar-refractivity contribution is 0.311. The highest BCUT2D eigenvalue weighted by Crippen LogP contribution is 2.32. The molecule has 2 aliphatic rings. The number of rotatable bonds is 3. The van der Waals surface area contributed by atoms with Gasteiger partial charge in [-0.15, -0.1) is 0 Å². The molecule has 1 aromatic rings. The van der Waals surface area contributed by atoms with Gasteiger partial charge in [0.2, 0.25) is 10.0 Å². The highest BCUT2D eigenvalue weighted by Gasteiger charge is 2.35. The van der Waals surface area contributed by atoms with E-state index in [2.05, 4.69) is 17.1 Å². The number of nitrogens with zero attached hydrogens (tertiary/aromatic N) is 2. The van der Waals surface area contributed by atoms with E-state index in [0.717, 1.165) is 38.5 Å². The second-order valence-electron chi connectivity index (χ2n) is 6.26. The Kier molecular flexibility index (Phi) is 4.60. The van der Waals surface area contributed by atoms with Crippen LogP contribution >= 0.6 is 0 Å². The fraction of sp³-hybridized carbons (Fsp3) is 0.688. The van der Waals surface area contributed by atoms with Gasteiger partial charge in [0.25, 0.3) is 0 Å². The molecule has 0 amide bonds. The van der Waals surface area contributed by atoms with Crippen molar-refractivity contribution in [3.05, 3.63) is 30.1 Å². The van der Waals surface area contributed by atoms with Gasteiger partial charge in [-0.25, -0.2) is 12.7 Å². The van der Waals surface area contributed by atoms with Gasteiger partial charge in [0.05, 0.1) is 5.25 Å². The Morgan fingerprint density at radius 1 is 0.952 bits per heavy atom. The van der Waals surface area contributed by atoms with Crippen molar-refractivity contribution in [2.45, 2.75) is 56.1 Å². The molecule has 3 rings (SSSR count). The Balaban J connectivity index is 1.62. The van der Waals surface area contributed by atoms with Crippen molar-refractivity contribution < 1.29 is 8.42 Å². The molecule has 2 fully saturated rings. The van der Waals surface area contributed by atoms with Gasteiger partial charge in [-0.3, -0.25) is 4.98 Å². The maximum Gasteiger partial charge on any atom is 0.216 e. The minimum atomic E-state index is -3.07. The van der Waals surface area contributed by atoms with Crippen LogP contribution in [0.4, 0.5) is 0 Å². The summed E-state index contributed by atoms with van der Waals surface area (Å²) in [5, 5.41) is -0.122. The van der Waals surface area contributed by atoms with Crippen LogP contribution < -0.4 is 0 Å². The zero-order valence-corrected chi connectivity index (χ0v) is 13.3. The van der Waals surface area contributed by atoms with Gasteiger partial charge in [0, 0.05) is 25.5 Å². The average Bonchev–Trinajstić information content (AvgIpc) is 2.57. The highest BCUT2D eigenvalue weighted by molar-refractivity contribution is 7.89. The van der Waals surface area contributed by atoms with E-state index in [1.165, 1.54) is 12.0 Å². The van der Waals surface area contributed by atoms with Crippen molar-refractivity contribution in [3.63, 3.8) is 0 Å². The smallest absolute Gasteiger partial charge is 0.216 e. The van der Waals surface area contributed by atoms with Crippen LogP contribution in [0, 0.1) is 0 Å². The molecule has 0 N–H and O–H groups in total. The molecule has 1 aromatic heterocycles. The van der Waals surface area contributed by atoms with Crippen LogP contribution in [0.3, 0.4) is 0 Å². The van der Waals surface area contributed by atoms with Crippen LogP contribution in [-0.4, -0.2) is 36.0 Å². The van der Waals surface area contributed by atoms with Crippen molar-refractivity contribution in [2.75, 3.05) is 13.1 Å². The SMILES string of the molecule is O=S(=O)(C1CCCCC1)N1CCC(c2ccncc2)CC1. The molecule has 0 radical (unpaired) electrons. The average molecular weight is 308 g/mol. The van der Waals surface area contributed by atoms with Crippen LogP contribution in [0.5, 0.6) is 0 Å². The summed E-state index contributed by atoms with van der Waals surface area (Å²) in [4.78, 5) is 4.05. The van der Waals surface area contributed by atoms with Gasteiger partial charge in [-0.05, 0) is 49.3 Å². The maximum atomic E-state index is 12.7. The number of piperidine rings is 1. The lowest BCUT2D eigenvalue weighted by Crippen LogP contribution is -2.43. The normalized spacial score (nSPS) is 23.2. The van der Waals surface area contributed by atoms with E-state index in [9.17, 15) is 8.42 Å². The quantitative estimate of drug-likeness (QED) is 0.862. The van der Waals surface area contributed by atoms with Gasteiger partial charge in [0.1, 0.15) is 0 Å². The lowest BCUT2D eigenvalue weighted by atomic mass is 9.91. The fourth-order valence-electron chi connectivity index (χ4n) is 3.65. The predicted octanol–water partition coefficient (Wildman–Crippen LogP) is 2.92. The number of pyridine rings is 1. The first-order valence-electron chi connectivity index (χ1n) is 8.07. The second-order valence-corrected chi connectivity index (χ2v) is 8.47. The molecule has 0 unspecified atom stereocenters. The summed E-state index contributed by atoms with van der Waals surface area (Å²) >= 11 is 0. The molecule has 1 aliphatic heterocycles. The summed E-state index contributed by atoms with van der Waals surface area (Å²) < 4.78 is 27.2. The molecule has 0 spiro atoms. The number of hydrogen-bond donors (Lipinski definition) is 0. The Hall–Kier alpha value is -0.940. The zero-order valence-electron chi connectivity index (χ0n) is 12.4. The molecule has 0 bridgehead atoms. The maximum absolute atomic E-state index is 12.7. The van der Waals surface area contributed by atoms with Crippen LogP contribution in [0.2, 0.25) is 0 Å². The molecule has 5 heteroatoms. The summed E-state index contributed by atoms with van der Waals surface area (Å²) in [6.45, 7) is 1.34. The summed E-state index contributed by atoms with van der Waals surface area (Å²) in [7, 11) is -3.07. The van der Waals surface area contributed by atoms with E-state index < -0.39 is 10.0 Å². The summed E-state index contributed by atoms with van der Waals surface area (Å²) in [6, 6.07) is 4.10. The molecule has 21 heavy (non-hydrogen) atoms. The van der Waals surface area contributed by atoms with E-state index in [4.69, 9.17) is 0 Å². The van der Waals surface area contributed by atoms with E-state index >= 15 is 0 Å². The predicted molar refractivity (Wildman–Crippen MR) is 83.6 cm³/mol. The summed E-state index contributed by atoms with van der Waals surface area (Å²) in [6.07, 6.45) is 10.5. The molecule has 0 aromatic carbocycles. The van der Waals surface area contributed by atoms with Gasteiger partial charge in [0.15, 0.2) is 0 Å². The van der Waals surface area contributed by atoms with Crippen LogP contribution in [0.15, 0.2) is 24.5 Å². The van der Waals surface area contributed by atoms with E-state index in [-0.39, 0.29) is 5.25 Å². The zero-order chi connectivity index (χ0) is 14.7. The number of sulfonamides is 1. The van der Waals surface area contributed by atoms with Crippen LogP contribution in [0.25, 0.3) is 0 Å². The summed E-state index contributed by atoms with van der Waals surface area (Å²) in [5.74, 6) is 0.478. The standard InChI is InChI=1S/C16H24N2O2S/c19-21(20,16-4-2-1-3-5-16)18-12-8-15(9-13-18)14-6-10-17-11-7-14/h6-7,10-11,15-16H,1-5,8-9,12-13H2. The molecule has 1 aliphatic carbocycles. The van der Waals surface area contributed by atoms with Crippen molar-refractivity contribution in [3.8, 4) is 0 Å². The Labute approximate surface area is 127 Å². The van der Waals surface area contributed by atoms with Crippen LogP contribution in [0.1, 0.15) is 56.4 Å². The molecule has 0 atom stereocenters. The van der Waals surface area contributed by atoms with E-state index in [1.807, 2.05) is 12.4 Å². The largest absolute Gasteiger partial charge is 0.265 e. The molecule has 116 valence electrons. The molecular weight excluding hydrogens is 284 g/mol. The third-order valence-electron chi connectivity index (χ3n) is 4.96. The first kappa shape index (κ1) is 15.0.